The van der Waals surface area contributed by atoms with Crippen LogP contribution < -0.4 is 10.1 Å². The SMILES string of the molecule is CC(CCCNC(C)(C)C)Oc1cc(Cl)ccc1Cl. The topological polar surface area (TPSA) is 21.3 Å². The fraction of sp³-hybridized carbons (Fsp3) is 0.600. The van der Waals surface area contributed by atoms with Crippen LogP contribution in [0.1, 0.15) is 40.5 Å². The fourth-order valence-corrected chi connectivity index (χ4v) is 2.02. The molecule has 19 heavy (non-hydrogen) atoms. The molecule has 1 unspecified atom stereocenters. The molecule has 1 aromatic carbocycles. The Hall–Kier alpha value is -0.440. The molecule has 0 saturated carbocycles. The maximum absolute atomic E-state index is 6.07. The standard InChI is InChI=1S/C15H23Cl2NO/c1-11(6-5-9-18-15(2,3)4)19-14-10-12(16)7-8-13(14)17/h7-8,10-11,18H,5-6,9H2,1-4H3. The van der Waals surface area contributed by atoms with Crippen molar-refractivity contribution in [1.82, 2.24) is 5.32 Å². The van der Waals surface area contributed by atoms with Crippen molar-refractivity contribution in [3.63, 3.8) is 0 Å². The van der Waals surface area contributed by atoms with Crippen LogP contribution in [0.5, 0.6) is 5.75 Å². The highest BCUT2D eigenvalue weighted by Gasteiger charge is 2.10. The lowest BCUT2D eigenvalue weighted by atomic mass is 10.1. The summed E-state index contributed by atoms with van der Waals surface area (Å²) in [5.41, 5.74) is 0.167. The van der Waals surface area contributed by atoms with Gasteiger partial charge < -0.3 is 10.1 Å². The van der Waals surface area contributed by atoms with E-state index in [0.717, 1.165) is 19.4 Å². The average Bonchev–Trinajstić information content (AvgIpc) is 2.28. The molecule has 0 saturated heterocycles. The third-order valence-corrected chi connectivity index (χ3v) is 3.21. The van der Waals surface area contributed by atoms with E-state index in [1.807, 2.05) is 6.92 Å². The van der Waals surface area contributed by atoms with Gasteiger partial charge in [-0.3, -0.25) is 0 Å². The van der Waals surface area contributed by atoms with Gasteiger partial charge in [-0.05, 0) is 59.2 Å². The molecule has 0 spiro atoms. The summed E-state index contributed by atoms with van der Waals surface area (Å²) >= 11 is 12.0. The summed E-state index contributed by atoms with van der Waals surface area (Å²) in [6.07, 6.45) is 2.17. The summed E-state index contributed by atoms with van der Waals surface area (Å²) in [7, 11) is 0. The lowest BCUT2D eigenvalue weighted by Gasteiger charge is -2.21. The predicted molar refractivity (Wildman–Crippen MR) is 83.5 cm³/mol. The lowest BCUT2D eigenvalue weighted by Crippen LogP contribution is -2.36. The molecule has 0 heterocycles. The van der Waals surface area contributed by atoms with Crippen LogP contribution in [0.3, 0.4) is 0 Å². The van der Waals surface area contributed by atoms with E-state index in [9.17, 15) is 0 Å². The second kappa shape index (κ2) is 7.37. The Bertz CT molecular complexity index is 402. The van der Waals surface area contributed by atoms with Gasteiger partial charge in [-0.25, -0.2) is 0 Å². The first-order valence-electron chi connectivity index (χ1n) is 6.64. The van der Waals surface area contributed by atoms with Crippen molar-refractivity contribution in [2.75, 3.05) is 6.54 Å². The van der Waals surface area contributed by atoms with Crippen LogP contribution in [0.4, 0.5) is 0 Å². The van der Waals surface area contributed by atoms with Gasteiger partial charge >= 0.3 is 0 Å². The molecule has 0 aliphatic rings. The van der Waals surface area contributed by atoms with E-state index in [1.54, 1.807) is 18.2 Å². The van der Waals surface area contributed by atoms with E-state index < -0.39 is 0 Å². The smallest absolute Gasteiger partial charge is 0.139 e. The molecular weight excluding hydrogens is 281 g/mol. The molecule has 0 radical (unpaired) electrons. The van der Waals surface area contributed by atoms with Gasteiger partial charge in [0, 0.05) is 16.6 Å². The van der Waals surface area contributed by atoms with Gasteiger partial charge in [0.05, 0.1) is 11.1 Å². The van der Waals surface area contributed by atoms with Crippen LogP contribution in [0.25, 0.3) is 0 Å². The summed E-state index contributed by atoms with van der Waals surface area (Å²) in [6.45, 7) is 9.53. The molecular formula is C15H23Cl2NO. The number of ether oxygens (including phenoxy) is 1. The molecule has 1 N–H and O–H groups in total. The van der Waals surface area contributed by atoms with E-state index in [0.29, 0.717) is 15.8 Å². The number of rotatable bonds is 6. The van der Waals surface area contributed by atoms with Crippen molar-refractivity contribution in [3.05, 3.63) is 28.2 Å². The summed E-state index contributed by atoms with van der Waals surface area (Å²) in [5.74, 6) is 0.658. The quantitative estimate of drug-likeness (QED) is 0.752. The Labute approximate surface area is 126 Å². The van der Waals surface area contributed by atoms with Gasteiger partial charge in [-0.1, -0.05) is 23.2 Å². The summed E-state index contributed by atoms with van der Waals surface area (Å²) < 4.78 is 5.81. The first-order chi connectivity index (χ1) is 8.78. The zero-order chi connectivity index (χ0) is 14.5. The second-order valence-electron chi connectivity index (χ2n) is 5.82. The molecule has 0 amide bonds. The number of nitrogens with one attached hydrogen (secondary N) is 1. The number of halogens is 2. The highest BCUT2D eigenvalue weighted by molar-refractivity contribution is 6.34. The first-order valence-corrected chi connectivity index (χ1v) is 7.40. The van der Waals surface area contributed by atoms with E-state index in [4.69, 9.17) is 27.9 Å². The monoisotopic (exact) mass is 303 g/mol. The normalized spacial score (nSPS) is 13.4. The summed E-state index contributed by atoms with van der Waals surface area (Å²) in [5, 5.41) is 4.70. The van der Waals surface area contributed by atoms with Crippen molar-refractivity contribution in [2.24, 2.45) is 0 Å². The molecule has 0 aliphatic heterocycles. The predicted octanol–water partition coefficient (Wildman–Crippen LogP) is 4.93. The van der Waals surface area contributed by atoms with Crippen LogP contribution in [0, 0.1) is 0 Å². The van der Waals surface area contributed by atoms with Crippen molar-refractivity contribution in [1.29, 1.82) is 0 Å². The van der Waals surface area contributed by atoms with Crippen molar-refractivity contribution < 1.29 is 4.74 Å². The Morgan fingerprint density at radius 2 is 1.95 bits per heavy atom. The first kappa shape index (κ1) is 16.6. The second-order valence-corrected chi connectivity index (χ2v) is 6.67. The van der Waals surface area contributed by atoms with Gasteiger partial charge in [0.1, 0.15) is 5.75 Å². The third-order valence-electron chi connectivity index (χ3n) is 2.66. The molecule has 108 valence electrons. The Morgan fingerprint density at radius 3 is 2.58 bits per heavy atom. The molecule has 1 atom stereocenters. The Balaban J connectivity index is 2.35. The molecule has 2 nitrogen and oxygen atoms in total. The largest absolute Gasteiger partial charge is 0.489 e. The molecule has 4 heteroatoms. The zero-order valence-electron chi connectivity index (χ0n) is 12.1. The van der Waals surface area contributed by atoms with E-state index in [1.165, 1.54) is 0 Å². The van der Waals surface area contributed by atoms with Crippen LogP contribution in [-0.2, 0) is 0 Å². The van der Waals surface area contributed by atoms with E-state index >= 15 is 0 Å². The van der Waals surface area contributed by atoms with Crippen molar-refractivity contribution >= 4 is 23.2 Å². The highest BCUT2D eigenvalue weighted by atomic mass is 35.5. The van der Waals surface area contributed by atoms with Crippen LogP contribution in [-0.4, -0.2) is 18.2 Å². The molecule has 0 aromatic heterocycles. The maximum Gasteiger partial charge on any atom is 0.139 e. The van der Waals surface area contributed by atoms with Gasteiger partial charge in [-0.2, -0.15) is 0 Å². The number of hydrogen-bond acceptors (Lipinski definition) is 2. The van der Waals surface area contributed by atoms with Gasteiger partial charge in [0.25, 0.3) is 0 Å². The van der Waals surface area contributed by atoms with Crippen LogP contribution in [0.2, 0.25) is 10.0 Å². The molecule has 1 aromatic rings. The fourth-order valence-electron chi connectivity index (χ4n) is 1.70. The summed E-state index contributed by atoms with van der Waals surface area (Å²) in [4.78, 5) is 0. The minimum absolute atomic E-state index is 0.123. The van der Waals surface area contributed by atoms with Crippen LogP contribution in [0.15, 0.2) is 18.2 Å². The number of benzene rings is 1. The van der Waals surface area contributed by atoms with Gasteiger partial charge in [-0.15, -0.1) is 0 Å². The minimum atomic E-state index is 0.123. The van der Waals surface area contributed by atoms with Gasteiger partial charge in [0.15, 0.2) is 0 Å². The Morgan fingerprint density at radius 1 is 1.26 bits per heavy atom. The molecule has 0 aliphatic carbocycles. The van der Waals surface area contributed by atoms with Crippen molar-refractivity contribution in [3.8, 4) is 5.75 Å². The van der Waals surface area contributed by atoms with Gasteiger partial charge in [0.2, 0.25) is 0 Å². The third kappa shape index (κ3) is 7.05. The molecule has 0 bridgehead atoms. The highest BCUT2D eigenvalue weighted by Crippen LogP contribution is 2.28. The average molecular weight is 304 g/mol. The maximum atomic E-state index is 6.07. The molecule has 1 rings (SSSR count). The van der Waals surface area contributed by atoms with E-state index in [2.05, 4.69) is 26.1 Å². The van der Waals surface area contributed by atoms with Crippen molar-refractivity contribution in [2.45, 2.75) is 52.2 Å². The summed E-state index contributed by atoms with van der Waals surface area (Å²) in [6, 6.07) is 5.27. The number of hydrogen-bond donors (Lipinski definition) is 1. The minimum Gasteiger partial charge on any atom is -0.489 e. The lowest BCUT2D eigenvalue weighted by molar-refractivity contribution is 0.206. The zero-order valence-corrected chi connectivity index (χ0v) is 13.6. The van der Waals surface area contributed by atoms with Crippen LogP contribution >= 0.6 is 23.2 Å². The van der Waals surface area contributed by atoms with E-state index in [-0.39, 0.29) is 11.6 Å². The Kier molecular flexibility index (Phi) is 6.45. The molecule has 0 fully saturated rings.